The average Bonchev–Trinajstić information content (AvgIpc) is 2.66. The van der Waals surface area contributed by atoms with E-state index < -0.39 is 0 Å². The average molecular weight is 441 g/mol. The molecule has 0 aliphatic carbocycles. The Kier molecular flexibility index (Phi) is 8.42. The van der Waals surface area contributed by atoms with E-state index in [1.165, 1.54) is 11.8 Å². The lowest BCUT2D eigenvalue weighted by molar-refractivity contribution is -0.124. The van der Waals surface area contributed by atoms with Crippen LogP contribution in [0.3, 0.4) is 0 Å². The Bertz CT molecular complexity index is 860. The van der Waals surface area contributed by atoms with E-state index in [1.807, 2.05) is 29.8 Å². The van der Waals surface area contributed by atoms with Gasteiger partial charge in [0.05, 0.1) is 11.0 Å². The van der Waals surface area contributed by atoms with Crippen LogP contribution in [-0.4, -0.2) is 22.5 Å². The summed E-state index contributed by atoms with van der Waals surface area (Å²) in [4.78, 5) is 15.5. The first-order chi connectivity index (χ1) is 14.4. The van der Waals surface area contributed by atoms with Crippen molar-refractivity contribution in [3.05, 3.63) is 45.3 Å². The van der Waals surface area contributed by atoms with Gasteiger partial charge in [0.1, 0.15) is 5.75 Å². The van der Waals surface area contributed by atoms with Crippen LogP contribution in [0.2, 0.25) is 0 Å². The lowest BCUT2D eigenvalue weighted by Gasteiger charge is -2.28. The minimum Gasteiger partial charge on any atom is -0.507 e. The van der Waals surface area contributed by atoms with Crippen molar-refractivity contribution >= 4 is 23.7 Å². The molecule has 0 spiro atoms. The van der Waals surface area contributed by atoms with Gasteiger partial charge in [0.15, 0.2) is 0 Å². The number of phenolic OH excluding ortho intramolecular Hbond substituents is 1. The SMILES string of the molecule is CC(C)(C)c1cc(/C=C2\SC=CN(CCCCCCC#N)C2=O)cc(C(C)(C)C)c1O. The molecule has 0 saturated heterocycles. The Morgan fingerprint density at radius 2 is 1.61 bits per heavy atom. The maximum Gasteiger partial charge on any atom is 0.264 e. The van der Waals surface area contributed by atoms with Crippen LogP contribution in [0.25, 0.3) is 6.08 Å². The fourth-order valence-electron chi connectivity index (χ4n) is 3.58. The molecular formula is C26H36N2O2S. The first kappa shape index (κ1) is 25.1. The standard InChI is InChI=1S/C26H36N2O2S/c1-25(2,3)20-16-19(17-21(23(20)29)26(4,5)6)18-22-24(30)28(14-15-31-22)13-11-9-7-8-10-12-27/h14-18,29H,7-11,13H2,1-6H3/b22-18-. The third kappa shape index (κ3) is 6.90. The number of hydrogen-bond donors (Lipinski definition) is 1. The normalized spacial score (nSPS) is 16.1. The number of thioether (sulfide) groups is 1. The van der Waals surface area contributed by atoms with E-state index in [2.05, 4.69) is 47.6 Å². The maximum atomic E-state index is 13.0. The zero-order valence-corrected chi connectivity index (χ0v) is 20.6. The number of amides is 1. The van der Waals surface area contributed by atoms with E-state index in [0.717, 1.165) is 42.4 Å². The van der Waals surface area contributed by atoms with Crippen molar-refractivity contribution in [3.63, 3.8) is 0 Å². The Morgan fingerprint density at radius 1 is 1.03 bits per heavy atom. The van der Waals surface area contributed by atoms with Gasteiger partial charge in [-0.1, -0.05) is 66.1 Å². The molecule has 168 valence electrons. The van der Waals surface area contributed by atoms with Gasteiger partial charge < -0.3 is 10.0 Å². The van der Waals surface area contributed by atoms with E-state index >= 15 is 0 Å². The van der Waals surface area contributed by atoms with Gasteiger partial charge in [-0.05, 0) is 52.9 Å². The molecule has 0 unspecified atom stereocenters. The highest BCUT2D eigenvalue weighted by Crippen LogP contribution is 2.40. The van der Waals surface area contributed by atoms with Crippen LogP contribution in [0.1, 0.15) is 90.3 Å². The first-order valence-electron chi connectivity index (χ1n) is 11.1. The third-order valence-electron chi connectivity index (χ3n) is 5.39. The van der Waals surface area contributed by atoms with E-state index in [9.17, 15) is 9.90 Å². The summed E-state index contributed by atoms with van der Waals surface area (Å²) in [5.41, 5.74) is 2.31. The molecule has 2 rings (SSSR count). The quantitative estimate of drug-likeness (QED) is 0.372. The number of hydrogen-bond acceptors (Lipinski definition) is 4. The van der Waals surface area contributed by atoms with Crippen molar-refractivity contribution < 1.29 is 9.90 Å². The predicted octanol–water partition coefficient (Wildman–Crippen LogP) is 6.85. The molecule has 4 nitrogen and oxygen atoms in total. The molecule has 1 amide bonds. The number of unbranched alkanes of at least 4 members (excludes halogenated alkanes) is 4. The second kappa shape index (κ2) is 10.4. The molecule has 0 aromatic heterocycles. The monoisotopic (exact) mass is 440 g/mol. The molecule has 0 fully saturated rings. The number of carbonyl (C=O) groups is 1. The number of benzene rings is 1. The van der Waals surface area contributed by atoms with Gasteiger partial charge in [0.2, 0.25) is 0 Å². The zero-order valence-electron chi connectivity index (χ0n) is 19.8. The van der Waals surface area contributed by atoms with E-state index in [-0.39, 0.29) is 16.7 Å². The molecule has 1 aromatic carbocycles. The van der Waals surface area contributed by atoms with Crippen LogP contribution in [0, 0.1) is 11.3 Å². The van der Waals surface area contributed by atoms with Gasteiger partial charge in [0.25, 0.3) is 5.91 Å². The molecule has 31 heavy (non-hydrogen) atoms. The summed E-state index contributed by atoms with van der Waals surface area (Å²) in [6.45, 7) is 13.2. The number of nitrogens with zero attached hydrogens (tertiary/aromatic N) is 2. The summed E-state index contributed by atoms with van der Waals surface area (Å²) in [5, 5.41) is 21.5. The lowest BCUT2D eigenvalue weighted by Crippen LogP contribution is -2.29. The molecule has 1 aliphatic rings. The van der Waals surface area contributed by atoms with Crippen LogP contribution in [0.4, 0.5) is 0 Å². The molecule has 0 radical (unpaired) electrons. The van der Waals surface area contributed by atoms with E-state index in [0.29, 0.717) is 23.6 Å². The van der Waals surface area contributed by atoms with Crippen LogP contribution < -0.4 is 0 Å². The summed E-state index contributed by atoms with van der Waals surface area (Å²) < 4.78 is 0. The molecule has 1 N–H and O–H groups in total. The molecule has 0 atom stereocenters. The van der Waals surface area contributed by atoms with Crippen molar-refractivity contribution in [1.82, 2.24) is 4.90 Å². The second-order valence-electron chi connectivity index (χ2n) is 10.2. The van der Waals surface area contributed by atoms with Gasteiger partial charge >= 0.3 is 0 Å². The lowest BCUT2D eigenvalue weighted by atomic mass is 9.78. The van der Waals surface area contributed by atoms with Gasteiger partial charge in [0, 0.05) is 30.3 Å². The highest BCUT2D eigenvalue weighted by atomic mass is 32.2. The van der Waals surface area contributed by atoms with Crippen LogP contribution >= 0.6 is 11.8 Å². The van der Waals surface area contributed by atoms with Gasteiger partial charge in [-0.25, -0.2) is 0 Å². The minimum absolute atomic E-state index is 0.0206. The van der Waals surface area contributed by atoms with Crippen molar-refractivity contribution in [2.75, 3.05) is 6.54 Å². The summed E-state index contributed by atoms with van der Waals surface area (Å²) in [5.74, 6) is 0.370. The number of carbonyl (C=O) groups excluding carboxylic acids is 1. The fraction of sp³-hybridized carbons (Fsp3) is 0.538. The Morgan fingerprint density at radius 3 is 2.16 bits per heavy atom. The summed E-state index contributed by atoms with van der Waals surface area (Å²) in [6.07, 6.45) is 8.31. The van der Waals surface area contributed by atoms with Crippen molar-refractivity contribution in [1.29, 1.82) is 5.26 Å². The van der Waals surface area contributed by atoms with Crippen molar-refractivity contribution in [3.8, 4) is 11.8 Å². The van der Waals surface area contributed by atoms with E-state index in [4.69, 9.17) is 5.26 Å². The fourth-order valence-corrected chi connectivity index (χ4v) is 4.36. The Labute approximate surface area is 192 Å². The molecule has 0 bridgehead atoms. The number of nitriles is 1. The Hall–Kier alpha value is -2.19. The highest BCUT2D eigenvalue weighted by molar-refractivity contribution is 8.06. The molecule has 5 heteroatoms. The largest absolute Gasteiger partial charge is 0.507 e. The molecule has 1 aliphatic heterocycles. The predicted molar refractivity (Wildman–Crippen MR) is 131 cm³/mol. The van der Waals surface area contributed by atoms with Crippen LogP contribution in [0.15, 0.2) is 28.6 Å². The topological polar surface area (TPSA) is 64.3 Å². The van der Waals surface area contributed by atoms with Crippen molar-refractivity contribution in [2.45, 2.75) is 84.5 Å². The highest BCUT2D eigenvalue weighted by Gasteiger charge is 2.27. The number of phenols is 1. The van der Waals surface area contributed by atoms with Gasteiger partial charge in [-0.15, -0.1) is 0 Å². The third-order valence-corrected chi connectivity index (χ3v) is 6.20. The van der Waals surface area contributed by atoms with Crippen molar-refractivity contribution in [2.24, 2.45) is 0 Å². The number of aromatic hydroxyl groups is 1. The first-order valence-corrected chi connectivity index (χ1v) is 11.9. The zero-order chi connectivity index (χ0) is 23.2. The second-order valence-corrected chi connectivity index (χ2v) is 11.1. The smallest absolute Gasteiger partial charge is 0.264 e. The molecule has 1 aromatic rings. The Balaban J connectivity index is 2.25. The van der Waals surface area contributed by atoms with Gasteiger partial charge in [-0.2, -0.15) is 5.26 Å². The number of rotatable bonds is 7. The summed E-state index contributed by atoms with van der Waals surface area (Å²) >= 11 is 1.44. The van der Waals surface area contributed by atoms with E-state index in [1.54, 1.807) is 4.90 Å². The molecule has 1 heterocycles. The van der Waals surface area contributed by atoms with Crippen LogP contribution in [-0.2, 0) is 15.6 Å². The maximum absolute atomic E-state index is 13.0. The summed E-state index contributed by atoms with van der Waals surface area (Å²) in [6, 6.07) is 6.18. The summed E-state index contributed by atoms with van der Waals surface area (Å²) in [7, 11) is 0. The van der Waals surface area contributed by atoms with Crippen LogP contribution in [0.5, 0.6) is 5.75 Å². The minimum atomic E-state index is -0.209. The molecule has 0 saturated carbocycles. The molecular weight excluding hydrogens is 404 g/mol. The van der Waals surface area contributed by atoms with Gasteiger partial charge in [-0.3, -0.25) is 4.79 Å².